The number of nitrogens with one attached hydrogen (secondary N) is 3. The smallest absolute Gasteiger partial charge is 0.261 e. The van der Waals surface area contributed by atoms with Gasteiger partial charge in [-0.25, -0.2) is 8.42 Å². The van der Waals surface area contributed by atoms with Gasteiger partial charge in [-0.3, -0.25) is 14.3 Å². The van der Waals surface area contributed by atoms with Crippen LogP contribution in [0.15, 0.2) is 71.6 Å². The normalized spacial score (nSPS) is 14.1. The van der Waals surface area contributed by atoms with Gasteiger partial charge in [0.25, 0.3) is 15.9 Å². The first-order chi connectivity index (χ1) is 16.6. The molecular formula is C27H29N3O4S. The first-order valence-corrected chi connectivity index (χ1v) is 13.0. The Labute approximate surface area is 206 Å². The standard InChI is InChI=1S/C27H29N3O4S/c1-17-4-11-23(12-5-17)30-35(33,34)24-15-6-18(2)25(16-24)27(32)28-19(3)20-9-13-22(14-10-20)29-26(31)21-7-8-21/h4-6,9-16,19,21,30H,7-8H2,1-3H3,(H,28,32)(H,29,31). The summed E-state index contributed by atoms with van der Waals surface area (Å²) in [5.41, 5.74) is 4.02. The van der Waals surface area contributed by atoms with Crippen LogP contribution in [0.25, 0.3) is 0 Å². The van der Waals surface area contributed by atoms with Crippen molar-refractivity contribution in [3.8, 4) is 0 Å². The maximum absolute atomic E-state index is 13.0. The van der Waals surface area contributed by atoms with E-state index in [-0.39, 0.29) is 34.2 Å². The summed E-state index contributed by atoms with van der Waals surface area (Å²) in [5, 5.41) is 5.83. The summed E-state index contributed by atoms with van der Waals surface area (Å²) in [6.07, 6.45) is 1.88. The second kappa shape index (κ2) is 9.92. The number of hydrogen-bond donors (Lipinski definition) is 3. The number of amides is 2. The Morgan fingerprint density at radius 1 is 0.886 bits per heavy atom. The molecule has 1 aliphatic carbocycles. The third-order valence-electron chi connectivity index (χ3n) is 6.04. The highest BCUT2D eigenvalue weighted by Gasteiger charge is 2.29. The van der Waals surface area contributed by atoms with E-state index >= 15 is 0 Å². The van der Waals surface area contributed by atoms with E-state index in [1.54, 1.807) is 25.1 Å². The fourth-order valence-corrected chi connectivity index (χ4v) is 4.74. The van der Waals surface area contributed by atoms with Crippen molar-refractivity contribution >= 4 is 33.2 Å². The first-order valence-electron chi connectivity index (χ1n) is 11.5. The van der Waals surface area contributed by atoms with Gasteiger partial charge in [-0.1, -0.05) is 35.9 Å². The minimum atomic E-state index is -3.86. The van der Waals surface area contributed by atoms with E-state index < -0.39 is 10.0 Å². The first kappa shape index (κ1) is 24.5. The molecule has 1 saturated carbocycles. The lowest BCUT2D eigenvalue weighted by Gasteiger charge is -2.17. The zero-order chi connectivity index (χ0) is 25.2. The molecule has 7 nitrogen and oxygen atoms in total. The Balaban J connectivity index is 1.45. The van der Waals surface area contributed by atoms with Crippen LogP contribution in [-0.2, 0) is 14.8 Å². The van der Waals surface area contributed by atoms with E-state index in [0.29, 0.717) is 11.3 Å². The molecule has 0 aliphatic heterocycles. The lowest BCUT2D eigenvalue weighted by atomic mass is 10.1. The molecular weight excluding hydrogens is 462 g/mol. The minimum absolute atomic E-state index is 0.0113. The number of carbonyl (C=O) groups is 2. The van der Waals surface area contributed by atoms with Crippen LogP contribution in [-0.4, -0.2) is 20.2 Å². The number of aryl methyl sites for hydroxylation is 2. The number of sulfonamides is 1. The second-order valence-corrected chi connectivity index (χ2v) is 10.7. The molecule has 0 saturated heterocycles. The molecule has 182 valence electrons. The van der Waals surface area contributed by atoms with Crippen LogP contribution in [0.5, 0.6) is 0 Å². The summed E-state index contributed by atoms with van der Waals surface area (Å²) in [6, 6.07) is 18.5. The highest BCUT2D eigenvalue weighted by molar-refractivity contribution is 7.92. The van der Waals surface area contributed by atoms with Crippen molar-refractivity contribution < 1.29 is 18.0 Å². The molecule has 4 rings (SSSR count). The molecule has 0 aromatic heterocycles. The second-order valence-electron chi connectivity index (χ2n) is 9.03. The molecule has 1 atom stereocenters. The largest absolute Gasteiger partial charge is 0.346 e. The Hall–Kier alpha value is -3.65. The van der Waals surface area contributed by atoms with Gasteiger partial charge in [0.2, 0.25) is 5.91 Å². The predicted molar refractivity (Wildman–Crippen MR) is 137 cm³/mol. The van der Waals surface area contributed by atoms with Crippen molar-refractivity contribution in [2.75, 3.05) is 10.0 Å². The Morgan fingerprint density at radius 2 is 1.51 bits per heavy atom. The van der Waals surface area contributed by atoms with Gasteiger partial charge in [0.15, 0.2) is 0 Å². The topological polar surface area (TPSA) is 104 Å². The zero-order valence-corrected chi connectivity index (χ0v) is 20.8. The quantitative estimate of drug-likeness (QED) is 0.415. The maximum atomic E-state index is 13.0. The predicted octanol–water partition coefficient (Wildman–Crippen LogP) is 4.94. The van der Waals surface area contributed by atoms with E-state index in [2.05, 4.69) is 15.4 Å². The van der Waals surface area contributed by atoms with Gasteiger partial charge < -0.3 is 10.6 Å². The summed E-state index contributed by atoms with van der Waals surface area (Å²) in [5.74, 6) is -0.197. The summed E-state index contributed by atoms with van der Waals surface area (Å²) < 4.78 is 28.3. The van der Waals surface area contributed by atoms with Gasteiger partial charge >= 0.3 is 0 Å². The molecule has 2 amide bonds. The van der Waals surface area contributed by atoms with E-state index in [4.69, 9.17) is 0 Å². The average molecular weight is 492 g/mol. The zero-order valence-electron chi connectivity index (χ0n) is 20.0. The fourth-order valence-electron chi connectivity index (χ4n) is 3.65. The van der Waals surface area contributed by atoms with Crippen molar-refractivity contribution in [1.82, 2.24) is 5.32 Å². The van der Waals surface area contributed by atoms with Crippen molar-refractivity contribution in [3.05, 3.63) is 89.0 Å². The van der Waals surface area contributed by atoms with E-state index in [1.165, 1.54) is 12.1 Å². The van der Waals surface area contributed by atoms with Gasteiger partial charge in [-0.2, -0.15) is 0 Å². The molecule has 3 aromatic carbocycles. The van der Waals surface area contributed by atoms with Crippen LogP contribution in [0.4, 0.5) is 11.4 Å². The molecule has 35 heavy (non-hydrogen) atoms. The Morgan fingerprint density at radius 3 is 2.14 bits per heavy atom. The van der Waals surface area contributed by atoms with E-state index in [9.17, 15) is 18.0 Å². The Bertz CT molecular complexity index is 1350. The molecule has 3 aromatic rings. The average Bonchev–Trinajstić information content (AvgIpc) is 3.66. The van der Waals surface area contributed by atoms with Gasteiger partial charge in [-0.05, 0) is 81.1 Å². The van der Waals surface area contributed by atoms with Gasteiger partial charge in [0.1, 0.15) is 0 Å². The number of benzene rings is 3. The molecule has 0 heterocycles. The number of carbonyl (C=O) groups excluding carboxylic acids is 2. The van der Waals surface area contributed by atoms with Crippen molar-refractivity contribution in [2.24, 2.45) is 5.92 Å². The highest BCUT2D eigenvalue weighted by atomic mass is 32.2. The maximum Gasteiger partial charge on any atom is 0.261 e. The molecule has 8 heteroatoms. The van der Waals surface area contributed by atoms with Crippen LogP contribution in [0.2, 0.25) is 0 Å². The monoisotopic (exact) mass is 491 g/mol. The van der Waals surface area contributed by atoms with Crippen molar-refractivity contribution in [3.63, 3.8) is 0 Å². The molecule has 0 radical (unpaired) electrons. The third-order valence-corrected chi connectivity index (χ3v) is 7.42. The minimum Gasteiger partial charge on any atom is -0.346 e. The SMILES string of the molecule is Cc1ccc(NS(=O)(=O)c2ccc(C)c(C(=O)NC(C)c3ccc(NC(=O)C4CC4)cc3)c2)cc1. The molecule has 0 bridgehead atoms. The fraction of sp³-hybridized carbons (Fsp3) is 0.259. The number of rotatable bonds is 8. The van der Waals surface area contributed by atoms with Crippen LogP contribution in [0.1, 0.15) is 52.9 Å². The lowest BCUT2D eigenvalue weighted by Crippen LogP contribution is -2.27. The number of anilines is 2. The summed E-state index contributed by atoms with van der Waals surface area (Å²) in [4.78, 5) is 25.0. The molecule has 3 N–H and O–H groups in total. The van der Waals surface area contributed by atoms with Crippen LogP contribution in [0.3, 0.4) is 0 Å². The Kier molecular flexibility index (Phi) is 6.93. The van der Waals surface area contributed by atoms with E-state index in [0.717, 1.165) is 29.7 Å². The summed E-state index contributed by atoms with van der Waals surface area (Å²) in [7, 11) is -3.86. The molecule has 0 spiro atoms. The van der Waals surface area contributed by atoms with Crippen molar-refractivity contribution in [1.29, 1.82) is 0 Å². The van der Waals surface area contributed by atoms with E-state index in [1.807, 2.05) is 50.2 Å². The van der Waals surface area contributed by atoms with Crippen LogP contribution < -0.4 is 15.4 Å². The van der Waals surface area contributed by atoms with Crippen molar-refractivity contribution in [2.45, 2.75) is 44.6 Å². The van der Waals surface area contributed by atoms with Gasteiger partial charge in [0, 0.05) is 22.9 Å². The highest BCUT2D eigenvalue weighted by Crippen LogP contribution is 2.30. The van der Waals surface area contributed by atoms with Crippen LogP contribution >= 0.6 is 0 Å². The van der Waals surface area contributed by atoms with Gasteiger partial charge in [0.05, 0.1) is 10.9 Å². The lowest BCUT2D eigenvalue weighted by molar-refractivity contribution is -0.117. The summed E-state index contributed by atoms with van der Waals surface area (Å²) >= 11 is 0. The van der Waals surface area contributed by atoms with Crippen LogP contribution in [0, 0.1) is 19.8 Å². The molecule has 1 unspecified atom stereocenters. The van der Waals surface area contributed by atoms with Gasteiger partial charge in [-0.15, -0.1) is 0 Å². The number of hydrogen-bond acceptors (Lipinski definition) is 4. The third kappa shape index (κ3) is 6.08. The molecule has 1 fully saturated rings. The molecule has 1 aliphatic rings. The summed E-state index contributed by atoms with van der Waals surface area (Å²) in [6.45, 7) is 5.54.